The van der Waals surface area contributed by atoms with Crippen LogP contribution < -0.4 is 10.1 Å². The third-order valence-electron chi connectivity index (χ3n) is 3.95. The van der Waals surface area contributed by atoms with E-state index in [1.807, 2.05) is 30.1 Å². The molecule has 0 saturated carbocycles. The van der Waals surface area contributed by atoms with Gasteiger partial charge in [-0.3, -0.25) is 4.79 Å². The SMILES string of the molecule is CNCC1CCCN(C(=O)Cc2cc(Br)ccc2OC)C1. The Hall–Kier alpha value is -1.07. The van der Waals surface area contributed by atoms with Gasteiger partial charge >= 0.3 is 0 Å². The van der Waals surface area contributed by atoms with Gasteiger partial charge in [0.25, 0.3) is 0 Å². The number of nitrogens with zero attached hydrogens (tertiary/aromatic N) is 1. The Bertz CT molecular complexity index is 491. The van der Waals surface area contributed by atoms with Crippen molar-refractivity contribution >= 4 is 21.8 Å². The molecule has 1 aromatic carbocycles. The smallest absolute Gasteiger partial charge is 0.227 e. The number of carbonyl (C=O) groups excluding carboxylic acids is 1. The lowest BCUT2D eigenvalue weighted by molar-refractivity contribution is -0.132. The van der Waals surface area contributed by atoms with Gasteiger partial charge in [-0.15, -0.1) is 0 Å². The number of amides is 1. The fourth-order valence-electron chi connectivity index (χ4n) is 2.91. The number of methoxy groups -OCH3 is 1. The fraction of sp³-hybridized carbons (Fsp3) is 0.562. The molecule has 1 unspecified atom stereocenters. The first-order valence-corrected chi connectivity index (χ1v) is 8.18. The third kappa shape index (κ3) is 4.45. The summed E-state index contributed by atoms with van der Waals surface area (Å²) in [5, 5.41) is 3.21. The number of likely N-dealkylation sites (tertiary alicyclic amines) is 1. The zero-order chi connectivity index (χ0) is 15.2. The quantitative estimate of drug-likeness (QED) is 0.882. The van der Waals surface area contributed by atoms with Crippen molar-refractivity contribution in [3.63, 3.8) is 0 Å². The Morgan fingerprint density at radius 2 is 2.33 bits per heavy atom. The second kappa shape index (κ2) is 7.80. The van der Waals surface area contributed by atoms with Crippen LogP contribution in [0.15, 0.2) is 22.7 Å². The van der Waals surface area contributed by atoms with Crippen molar-refractivity contribution in [2.75, 3.05) is 33.8 Å². The summed E-state index contributed by atoms with van der Waals surface area (Å²) in [6, 6.07) is 5.79. The molecule has 0 aliphatic carbocycles. The molecular weight excluding hydrogens is 332 g/mol. The van der Waals surface area contributed by atoms with Gasteiger partial charge < -0.3 is 15.0 Å². The minimum atomic E-state index is 0.187. The number of hydrogen-bond acceptors (Lipinski definition) is 3. The van der Waals surface area contributed by atoms with Crippen LogP contribution in [0.1, 0.15) is 18.4 Å². The first-order chi connectivity index (χ1) is 10.1. The number of carbonyl (C=O) groups is 1. The lowest BCUT2D eigenvalue weighted by Crippen LogP contribution is -2.43. The van der Waals surface area contributed by atoms with Gasteiger partial charge in [0.15, 0.2) is 0 Å². The minimum Gasteiger partial charge on any atom is -0.496 e. The van der Waals surface area contributed by atoms with Gasteiger partial charge in [0, 0.05) is 23.1 Å². The van der Waals surface area contributed by atoms with Crippen LogP contribution in [-0.4, -0.2) is 44.6 Å². The highest BCUT2D eigenvalue weighted by Gasteiger charge is 2.23. The molecule has 1 aromatic rings. The monoisotopic (exact) mass is 354 g/mol. The Balaban J connectivity index is 2.02. The van der Waals surface area contributed by atoms with Crippen molar-refractivity contribution < 1.29 is 9.53 Å². The van der Waals surface area contributed by atoms with Crippen LogP contribution in [-0.2, 0) is 11.2 Å². The van der Waals surface area contributed by atoms with Gasteiger partial charge in [0.2, 0.25) is 5.91 Å². The molecule has 1 atom stereocenters. The zero-order valence-electron chi connectivity index (χ0n) is 12.7. The number of nitrogens with one attached hydrogen (secondary N) is 1. The van der Waals surface area contributed by atoms with E-state index in [1.165, 1.54) is 6.42 Å². The van der Waals surface area contributed by atoms with Crippen LogP contribution in [0, 0.1) is 5.92 Å². The lowest BCUT2D eigenvalue weighted by atomic mass is 9.97. The van der Waals surface area contributed by atoms with Gasteiger partial charge in [-0.25, -0.2) is 0 Å². The predicted molar refractivity (Wildman–Crippen MR) is 87.6 cm³/mol. The van der Waals surface area contributed by atoms with E-state index in [9.17, 15) is 4.79 Å². The van der Waals surface area contributed by atoms with Crippen LogP contribution in [0.5, 0.6) is 5.75 Å². The molecule has 1 saturated heterocycles. The average Bonchev–Trinajstić information content (AvgIpc) is 2.48. The number of ether oxygens (including phenoxy) is 1. The number of rotatable bonds is 5. The maximum atomic E-state index is 12.5. The highest BCUT2D eigenvalue weighted by Crippen LogP contribution is 2.25. The van der Waals surface area contributed by atoms with Crippen LogP contribution in [0.4, 0.5) is 0 Å². The molecule has 0 bridgehead atoms. The summed E-state index contributed by atoms with van der Waals surface area (Å²) in [4.78, 5) is 14.5. The Kier molecular flexibility index (Phi) is 6.06. The maximum absolute atomic E-state index is 12.5. The molecule has 2 rings (SSSR count). The predicted octanol–water partition coefficient (Wildman–Crippen LogP) is 2.46. The zero-order valence-corrected chi connectivity index (χ0v) is 14.3. The standard InChI is InChI=1S/C16H23BrN2O2/c1-18-10-12-4-3-7-19(11-12)16(20)9-13-8-14(17)5-6-15(13)21-2/h5-6,8,12,18H,3-4,7,9-11H2,1-2H3. The maximum Gasteiger partial charge on any atom is 0.227 e. The van der Waals surface area contributed by atoms with Gasteiger partial charge in [-0.1, -0.05) is 15.9 Å². The molecule has 0 radical (unpaired) electrons. The minimum absolute atomic E-state index is 0.187. The van der Waals surface area contributed by atoms with E-state index in [2.05, 4.69) is 21.2 Å². The van der Waals surface area contributed by atoms with Crippen molar-refractivity contribution in [3.8, 4) is 5.75 Å². The number of benzene rings is 1. The van der Waals surface area contributed by atoms with Crippen molar-refractivity contribution in [2.24, 2.45) is 5.92 Å². The molecule has 1 N–H and O–H groups in total. The molecule has 0 aromatic heterocycles. The van der Waals surface area contributed by atoms with Gasteiger partial charge in [0.05, 0.1) is 13.5 Å². The summed E-state index contributed by atoms with van der Waals surface area (Å²) in [5.41, 5.74) is 0.938. The summed E-state index contributed by atoms with van der Waals surface area (Å²) < 4.78 is 6.32. The van der Waals surface area contributed by atoms with Crippen LogP contribution in [0.25, 0.3) is 0 Å². The summed E-state index contributed by atoms with van der Waals surface area (Å²) in [7, 11) is 3.61. The second-order valence-corrected chi connectivity index (χ2v) is 6.45. The van der Waals surface area contributed by atoms with Crippen molar-refractivity contribution in [1.82, 2.24) is 10.2 Å². The highest BCUT2D eigenvalue weighted by atomic mass is 79.9. The molecule has 5 heteroatoms. The largest absolute Gasteiger partial charge is 0.496 e. The summed E-state index contributed by atoms with van der Waals surface area (Å²) in [6.07, 6.45) is 2.69. The third-order valence-corrected chi connectivity index (χ3v) is 4.44. The second-order valence-electron chi connectivity index (χ2n) is 5.54. The van der Waals surface area contributed by atoms with Crippen LogP contribution in [0.3, 0.4) is 0 Å². The molecule has 1 fully saturated rings. The molecule has 1 heterocycles. The van der Waals surface area contributed by atoms with E-state index >= 15 is 0 Å². The molecule has 1 aliphatic heterocycles. The average molecular weight is 355 g/mol. The van der Waals surface area contributed by atoms with Gasteiger partial charge in [-0.05, 0) is 50.6 Å². The summed E-state index contributed by atoms with van der Waals surface area (Å²) in [5.74, 6) is 1.53. The molecular formula is C16H23BrN2O2. The molecule has 21 heavy (non-hydrogen) atoms. The van der Waals surface area contributed by atoms with E-state index in [1.54, 1.807) is 7.11 Å². The van der Waals surface area contributed by atoms with Crippen molar-refractivity contribution in [3.05, 3.63) is 28.2 Å². The first kappa shape index (κ1) is 16.3. The Labute approximate surface area is 135 Å². The Morgan fingerprint density at radius 3 is 3.05 bits per heavy atom. The van der Waals surface area contributed by atoms with Crippen molar-refractivity contribution in [1.29, 1.82) is 0 Å². The Morgan fingerprint density at radius 1 is 1.52 bits per heavy atom. The number of halogens is 1. The molecule has 0 spiro atoms. The molecule has 1 aliphatic rings. The number of piperidine rings is 1. The van der Waals surface area contributed by atoms with E-state index in [0.717, 1.165) is 41.8 Å². The van der Waals surface area contributed by atoms with Gasteiger partial charge in [-0.2, -0.15) is 0 Å². The van der Waals surface area contributed by atoms with E-state index in [0.29, 0.717) is 12.3 Å². The molecule has 116 valence electrons. The topological polar surface area (TPSA) is 41.6 Å². The lowest BCUT2D eigenvalue weighted by Gasteiger charge is -2.33. The van der Waals surface area contributed by atoms with Crippen LogP contribution in [0.2, 0.25) is 0 Å². The highest BCUT2D eigenvalue weighted by molar-refractivity contribution is 9.10. The van der Waals surface area contributed by atoms with E-state index in [4.69, 9.17) is 4.74 Å². The first-order valence-electron chi connectivity index (χ1n) is 7.38. The summed E-state index contributed by atoms with van der Waals surface area (Å²) in [6.45, 7) is 2.70. The van der Waals surface area contributed by atoms with Gasteiger partial charge in [0.1, 0.15) is 5.75 Å². The van der Waals surface area contributed by atoms with Crippen LogP contribution >= 0.6 is 15.9 Å². The molecule has 4 nitrogen and oxygen atoms in total. The van der Waals surface area contributed by atoms with E-state index in [-0.39, 0.29) is 5.91 Å². The van der Waals surface area contributed by atoms with Crippen molar-refractivity contribution in [2.45, 2.75) is 19.3 Å². The normalized spacial score (nSPS) is 18.6. The van der Waals surface area contributed by atoms with E-state index < -0.39 is 0 Å². The summed E-state index contributed by atoms with van der Waals surface area (Å²) >= 11 is 3.45. The number of hydrogen-bond donors (Lipinski definition) is 1. The fourth-order valence-corrected chi connectivity index (χ4v) is 3.32. The molecule has 1 amide bonds.